The second kappa shape index (κ2) is 7.18. The molecular formula is C19H25F3N2O4S2. The molecule has 168 valence electrons. The Morgan fingerprint density at radius 3 is 2.37 bits per heavy atom. The highest BCUT2D eigenvalue weighted by atomic mass is 32.2. The van der Waals surface area contributed by atoms with Gasteiger partial charge in [0.15, 0.2) is 10.8 Å². The Kier molecular flexibility index (Phi) is 5.27. The van der Waals surface area contributed by atoms with Gasteiger partial charge in [-0.25, -0.2) is 17.3 Å². The topological polar surface area (TPSA) is 95.5 Å². The molecule has 11 heteroatoms. The van der Waals surface area contributed by atoms with Gasteiger partial charge in [0.05, 0.1) is 21.1 Å². The van der Waals surface area contributed by atoms with E-state index >= 15 is 0 Å². The SMILES string of the molecule is CNS(=O)(=O)c1ccc(NCC23CC4CC(CC(O)(C4)C2)C3)c(S(=O)C(F)(F)F)c1. The van der Waals surface area contributed by atoms with Crippen molar-refractivity contribution >= 4 is 26.5 Å². The molecule has 1 aromatic carbocycles. The van der Waals surface area contributed by atoms with Crippen LogP contribution in [-0.2, 0) is 20.8 Å². The van der Waals surface area contributed by atoms with Crippen LogP contribution in [0, 0.1) is 17.3 Å². The van der Waals surface area contributed by atoms with Crippen LogP contribution < -0.4 is 10.0 Å². The largest absolute Gasteiger partial charge is 0.475 e. The number of hydrogen-bond donors (Lipinski definition) is 3. The maximum Gasteiger partial charge on any atom is 0.475 e. The van der Waals surface area contributed by atoms with Crippen LogP contribution in [0.4, 0.5) is 18.9 Å². The van der Waals surface area contributed by atoms with Gasteiger partial charge in [0.25, 0.3) is 0 Å². The summed E-state index contributed by atoms with van der Waals surface area (Å²) in [5.74, 6) is 0.843. The first-order valence-corrected chi connectivity index (χ1v) is 12.5. The van der Waals surface area contributed by atoms with Gasteiger partial charge in [-0.1, -0.05) is 0 Å². The number of sulfonamides is 1. The molecule has 1 aromatic rings. The molecule has 4 fully saturated rings. The first-order valence-electron chi connectivity index (χ1n) is 9.87. The van der Waals surface area contributed by atoms with Crippen molar-refractivity contribution in [3.05, 3.63) is 18.2 Å². The first-order chi connectivity index (χ1) is 13.8. The maximum absolute atomic E-state index is 13.2. The predicted octanol–water partition coefficient (Wildman–Crippen LogP) is 2.97. The predicted molar refractivity (Wildman–Crippen MR) is 106 cm³/mol. The molecule has 3 N–H and O–H groups in total. The lowest BCUT2D eigenvalue weighted by Crippen LogP contribution is -2.57. The molecule has 0 saturated heterocycles. The lowest BCUT2D eigenvalue weighted by molar-refractivity contribution is -0.158. The van der Waals surface area contributed by atoms with E-state index in [1.807, 2.05) is 0 Å². The Bertz CT molecular complexity index is 966. The molecule has 6 nitrogen and oxygen atoms in total. The third kappa shape index (κ3) is 4.01. The minimum atomic E-state index is -5.02. The molecule has 3 unspecified atom stereocenters. The molecule has 4 aliphatic rings. The second-order valence-corrected chi connectivity index (χ2v) is 12.4. The third-order valence-electron chi connectivity index (χ3n) is 6.75. The van der Waals surface area contributed by atoms with E-state index in [9.17, 15) is 30.9 Å². The van der Waals surface area contributed by atoms with Crippen LogP contribution in [0.15, 0.2) is 28.0 Å². The van der Waals surface area contributed by atoms with E-state index in [1.54, 1.807) is 0 Å². The molecule has 0 aromatic heterocycles. The Labute approximate surface area is 176 Å². The van der Waals surface area contributed by atoms with Crippen molar-refractivity contribution in [2.24, 2.45) is 17.3 Å². The van der Waals surface area contributed by atoms with Crippen molar-refractivity contribution < 1.29 is 30.9 Å². The van der Waals surface area contributed by atoms with Crippen LogP contribution in [0.1, 0.15) is 38.5 Å². The molecule has 5 rings (SSSR count). The van der Waals surface area contributed by atoms with Crippen LogP contribution in [0.2, 0.25) is 0 Å². The summed E-state index contributed by atoms with van der Waals surface area (Å²) < 4.78 is 77.8. The number of benzene rings is 1. The van der Waals surface area contributed by atoms with E-state index in [-0.39, 0.29) is 16.0 Å². The van der Waals surface area contributed by atoms with E-state index < -0.39 is 36.8 Å². The first kappa shape index (κ1) is 22.0. The summed E-state index contributed by atoms with van der Waals surface area (Å²) in [5.41, 5.74) is -5.93. The lowest BCUT2D eigenvalue weighted by atomic mass is 9.48. The summed E-state index contributed by atoms with van der Waals surface area (Å²) in [4.78, 5) is -0.991. The van der Waals surface area contributed by atoms with Crippen LogP contribution >= 0.6 is 0 Å². The maximum atomic E-state index is 13.2. The molecule has 0 amide bonds. The zero-order chi connectivity index (χ0) is 21.9. The summed E-state index contributed by atoms with van der Waals surface area (Å²) in [7, 11) is -6.22. The van der Waals surface area contributed by atoms with E-state index in [1.165, 1.54) is 12.1 Å². The second-order valence-electron chi connectivity index (χ2n) is 9.12. The number of halogens is 3. The number of rotatable bonds is 6. The Morgan fingerprint density at radius 1 is 1.20 bits per heavy atom. The zero-order valence-electron chi connectivity index (χ0n) is 16.5. The average molecular weight is 467 g/mol. The number of alkyl halides is 3. The summed E-state index contributed by atoms with van der Waals surface area (Å²) in [6, 6.07) is 3.24. The molecule has 30 heavy (non-hydrogen) atoms. The Balaban J connectivity index is 1.63. The van der Waals surface area contributed by atoms with E-state index in [0.717, 1.165) is 45.2 Å². The van der Waals surface area contributed by atoms with Crippen molar-refractivity contribution in [2.45, 2.75) is 59.4 Å². The quantitative estimate of drug-likeness (QED) is 0.599. The van der Waals surface area contributed by atoms with Crippen molar-refractivity contribution in [1.82, 2.24) is 4.72 Å². The van der Waals surface area contributed by atoms with Crippen molar-refractivity contribution in [1.29, 1.82) is 0 Å². The van der Waals surface area contributed by atoms with Gasteiger partial charge in [0, 0.05) is 6.54 Å². The fourth-order valence-electron chi connectivity index (χ4n) is 6.10. The fraction of sp³-hybridized carbons (Fsp3) is 0.684. The van der Waals surface area contributed by atoms with Gasteiger partial charge in [-0.05, 0) is 81.0 Å². The smallest absolute Gasteiger partial charge is 0.390 e. The monoisotopic (exact) mass is 466 g/mol. The Hall–Kier alpha value is -1.17. The minimum Gasteiger partial charge on any atom is -0.390 e. The fourth-order valence-corrected chi connectivity index (χ4v) is 7.76. The van der Waals surface area contributed by atoms with Gasteiger partial charge < -0.3 is 10.4 Å². The molecule has 0 heterocycles. The van der Waals surface area contributed by atoms with Gasteiger partial charge in [-0.2, -0.15) is 13.2 Å². The van der Waals surface area contributed by atoms with E-state index in [4.69, 9.17) is 0 Å². The van der Waals surface area contributed by atoms with Crippen LogP contribution in [0.3, 0.4) is 0 Å². The van der Waals surface area contributed by atoms with Crippen LogP contribution in [-0.4, -0.2) is 42.4 Å². The van der Waals surface area contributed by atoms with Gasteiger partial charge in [-0.15, -0.1) is 0 Å². The molecule has 4 aliphatic carbocycles. The number of hydrogen-bond acceptors (Lipinski definition) is 5. The molecule has 4 bridgehead atoms. The summed E-state index contributed by atoms with van der Waals surface area (Å²) in [6.45, 7) is 0.350. The van der Waals surface area contributed by atoms with E-state index in [2.05, 4.69) is 10.0 Å². The highest BCUT2D eigenvalue weighted by molar-refractivity contribution is 7.89. The molecule has 0 aliphatic heterocycles. The number of nitrogens with one attached hydrogen (secondary N) is 2. The minimum absolute atomic E-state index is 0.00319. The summed E-state index contributed by atoms with van der Waals surface area (Å²) >= 11 is 0. The van der Waals surface area contributed by atoms with E-state index in [0.29, 0.717) is 24.8 Å². The lowest BCUT2D eigenvalue weighted by Gasteiger charge is -2.60. The molecule has 4 saturated carbocycles. The van der Waals surface area contributed by atoms with Crippen molar-refractivity contribution in [2.75, 3.05) is 18.9 Å². The van der Waals surface area contributed by atoms with Gasteiger partial charge >= 0.3 is 5.51 Å². The van der Waals surface area contributed by atoms with Crippen molar-refractivity contribution in [3.63, 3.8) is 0 Å². The standard InChI is InChI=1S/C19H25F3N2O4S2/c1-23-30(27,28)14-2-3-15(16(5-14)29(26)19(20,21)22)24-11-17-6-12-4-13(7-17)9-18(25,8-12)10-17/h2-3,5,12-13,23-25H,4,6-11H2,1H3. The highest BCUT2D eigenvalue weighted by Gasteiger charge is 2.57. The summed E-state index contributed by atoms with van der Waals surface area (Å²) in [5, 5.41) is 13.9. The van der Waals surface area contributed by atoms with Crippen LogP contribution in [0.5, 0.6) is 0 Å². The molecule has 3 atom stereocenters. The third-order valence-corrected chi connectivity index (χ3v) is 9.32. The Morgan fingerprint density at radius 2 is 1.83 bits per heavy atom. The average Bonchev–Trinajstić information content (AvgIpc) is 2.63. The molecular weight excluding hydrogens is 441 g/mol. The van der Waals surface area contributed by atoms with Gasteiger partial charge in [-0.3, -0.25) is 0 Å². The number of aliphatic hydroxyl groups is 1. The normalized spacial score (nSPS) is 34.2. The molecule has 0 spiro atoms. The summed E-state index contributed by atoms with van der Waals surface area (Å²) in [6.07, 6.45) is 5.07. The van der Waals surface area contributed by atoms with Crippen molar-refractivity contribution in [3.8, 4) is 0 Å². The van der Waals surface area contributed by atoms with Crippen LogP contribution in [0.25, 0.3) is 0 Å². The van der Waals surface area contributed by atoms with Gasteiger partial charge in [0.1, 0.15) is 0 Å². The van der Waals surface area contributed by atoms with Gasteiger partial charge in [0.2, 0.25) is 10.0 Å². The molecule has 0 radical (unpaired) electrons. The number of anilines is 1. The highest BCUT2D eigenvalue weighted by Crippen LogP contribution is 2.61. The zero-order valence-corrected chi connectivity index (χ0v) is 18.1.